The Morgan fingerprint density at radius 2 is 1.71 bits per heavy atom. The molecule has 7 heteroatoms. The molecule has 0 spiro atoms. The molecule has 0 aliphatic carbocycles. The number of halogens is 1. The maximum Gasteiger partial charge on any atom is 0.158 e. The molecule has 0 saturated carbocycles. The first-order chi connectivity index (χ1) is 10.2. The maximum absolute atomic E-state index is 6.06. The van der Waals surface area contributed by atoms with Crippen molar-refractivity contribution in [2.24, 2.45) is 0 Å². The molecule has 0 bridgehead atoms. The average Bonchev–Trinajstić information content (AvgIpc) is 2.46. The molecule has 0 radical (unpaired) electrons. The summed E-state index contributed by atoms with van der Waals surface area (Å²) >= 11 is 6.06. The van der Waals surface area contributed by atoms with Crippen LogP contribution in [0.1, 0.15) is 19.7 Å². The quantitative estimate of drug-likeness (QED) is 0.460. The van der Waals surface area contributed by atoms with E-state index in [-0.39, 0.29) is 0 Å². The Hall–Kier alpha value is -0.950. The number of ether oxygens (including phenoxy) is 3. The average molecular weight is 318 g/mol. The first-order valence-electron chi connectivity index (χ1n) is 7.14. The zero-order chi connectivity index (χ0) is 15.5. The Kier molecular flexibility index (Phi) is 9.25. The first-order valence-corrected chi connectivity index (χ1v) is 7.51. The van der Waals surface area contributed by atoms with E-state index in [1.807, 2.05) is 13.8 Å². The summed E-state index contributed by atoms with van der Waals surface area (Å²) < 4.78 is 15.9. The summed E-state index contributed by atoms with van der Waals surface area (Å²) in [5, 5.41) is 0.407. The number of nitrogens with zero attached hydrogens (tertiary/aromatic N) is 3. The van der Waals surface area contributed by atoms with E-state index in [0.29, 0.717) is 44.0 Å². The van der Waals surface area contributed by atoms with Crippen LogP contribution in [0.3, 0.4) is 0 Å². The van der Waals surface area contributed by atoms with E-state index in [1.54, 1.807) is 13.2 Å². The lowest BCUT2D eigenvalue weighted by Crippen LogP contribution is -2.32. The zero-order valence-electron chi connectivity index (χ0n) is 13.0. The third-order valence-corrected chi connectivity index (χ3v) is 2.94. The Morgan fingerprint density at radius 1 is 1.10 bits per heavy atom. The van der Waals surface area contributed by atoms with E-state index in [0.717, 1.165) is 18.9 Å². The summed E-state index contributed by atoms with van der Waals surface area (Å²) in [7, 11) is 1.60. The minimum atomic E-state index is 0.332. The molecule has 0 aromatic carbocycles. The van der Waals surface area contributed by atoms with Gasteiger partial charge in [-0.15, -0.1) is 0 Å². The molecule has 1 aromatic rings. The molecule has 0 fully saturated rings. The van der Waals surface area contributed by atoms with Gasteiger partial charge in [0.05, 0.1) is 13.2 Å². The third-order valence-electron chi connectivity index (χ3n) is 2.74. The molecule has 0 amide bonds. The fraction of sp³-hybridized carbons (Fsp3) is 0.714. The highest BCUT2D eigenvalue weighted by Gasteiger charge is 2.11. The molecule has 1 heterocycles. The molecule has 1 aromatic heterocycles. The second-order valence-electron chi connectivity index (χ2n) is 4.28. The van der Waals surface area contributed by atoms with Crippen LogP contribution in [0.5, 0.6) is 0 Å². The molecular formula is C14H24ClN3O3. The lowest BCUT2D eigenvalue weighted by atomic mass is 10.4. The van der Waals surface area contributed by atoms with Crippen molar-refractivity contribution in [3.05, 3.63) is 17.0 Å². The number of aromatic nitrogens is 2. The van der Waals surface area contributed by atoms with Gasteiger partial charge in [-0.2, -0.15) is 0 Å². The molecule has 0 N–H and O–H groups in total. The van der Waals surface area contributed by atoms with E-state index < -0.39 is 0 Å². The van der Waals surface area contributed by atoms with Crippen molar-refractivity contribution in [3.8, 4) is 0 Å². The van der Waals surface area contributed by atoms with Crippen molar-refractivity contribution in [1.29, 1.82) is 0 Å². The lowest BCUT2D eigenvalue weighted by molar-refractivity contribution is 0.141. The molecule has 0 atom stereocenters. The SMILES string of the molecule is CCOCCN(CCOCC)c1cc(Cl)nc(COC)n1. The van der Waals surface area contributed by atoms with Crippen LogP contribution in [0.15, 0.2) is 6.07 Å². The molecule has 120 valence electrons. The summed E-state index contributed by atoms with van der Waals surface area (Å²) in [6, 6.07) is 1.75. The molecular weight excluding hydrogens is 294 g/mol. The Balaban J connectivity index is 2.78. The van der Waals surface area contributed by atoms with Gasteiger partial charge in [0.2, 0.25) is 0 Å². The van der Waals surface area contributed by atoms with Crippen molar-refractivity contribution >= 4 is 17.4 Å². The van der Waals surface area contributed by atoms with Gasteiger partial charge in [-0.1, -0.05) is 11.6 Å². The van der Waals surface area contributed by atoms with Crippen LogP contribution in [0.25, 0.3) is 0 Å². The Labute approximate surface area is 131 Å². The lowest BCUT2D eigenvalue weighted by Gasteiger charge is -2.24. The van der Waals surface area contributed by atoms with Crippen LogP contribution in [-0.4, -0.2) is 56.6 Å². The number of rotatable bonds is 11. The van der Waals surface area contributed by atoms with Crippen LogP contribution >= 0.6 is 11.6 Å². The number of anilines is 1. The van der Waals surface area contributed by atoms with E-state index in [9.17, 15) is 0 Å². The van der Waals surface area contributed by atoms with Crippen LogP contribution < -0.4 is 4.90 Å². The zero-order valence-corrected chi connectivity index (χ0v) is 13.7. The van der Waals surface area contributed by atoms with Gasteiger partial charge in [0.25, 0.3) is 0 Å². The number of hydrogen-bond donors (Lipinski definition) is 0. The largest absolute Gasteiger partial charge is 0.380 e. The Bertz CT molecular complexity index is 397. The minimum Gasteiger partial charge on any atom is -0.380 e. The highest BCUT2D eigenvalue weighted by Crippen LogP contribution is 2.16. The highest BCUT2D eigenvalue weighted by molar-refractivity contribution is 6.29. The Morgan fingerprint density at radius 3 is 2.24 bits per heavy atom. The van der Waals surface area contributed by atoms with Gasteiger partial charge in [0.1, 0.15) is 17.6 Å². The summed E-state index contributed by atoms with van der Waals surface area (Å²) in [6.07, 6.45) is 0. The van der Waals surface area contributed by atoms with E-state index in [2.05, 4.69) is 14.9 Å². The van der Waals surface area contributed by atoms with E-state index in [4.69, 9.17) is 25.8 Å². The topological polar surface area (TPSA) is 56.7 Å². The molecule has 0 unspecified atom stereocenters. The molecule has 1 rings (SSSR count). The predicted molar refractivity (Wildman–Crippen MR) is 83.0 cm³/mol. The van der Waals surface area contributed by atoms with Crippen LogP contribution in [0.4, 0.5) is 5.82 Å². The van der Waals surface area contributed by atoms with Gasteiger partial charge in [0.15, 0.2) is 5.82 Å². The fourth-order valence-electron chi connectivity index (χ4n) is 1.79. The van der Waals surface area contributed by atoms with Crippen molar-refractivity contribution < 1.29 is 14.2 Å². The molecule has 0 saturated heterocycles. The summed E-state index contributed by atoms with van der Waals surface area (Å²) in [6.45, 7) is 8.37. The highest BCUT2D eigenvalue weighted by atomic mass is 35.5. The minimum absolute atomic E-state index is 0.332. The molecule has 21 heavy (non-hydrogen) atoms. The second kappa shape index (κ2) is 10.7. The fourth-order valence-corrected chi connectivity index (χ4v) is 1.98. The normalized spacial score (nSPS) is 10.9. The number of hydrogen-bond acceptors (Lipinski definition) is 6. The second-order valence-corrected chi connectivity index (χ2v) is 4.67. The summed E-state index contributed by atoms with van der Waals surface area (Å²) in [5.74, 6) is 1.33. The van der Waals surface area contributed by atoms with Gasteiger partial charge >= 0.3 is 0 Å². The van der Waals surface area contributed by atoms with Gasteiger partial charge in [0, 0.05) is 39.5 Å². The monoisotopic (exact) mass is 317 g/mol. The van der Waals surface area contributed by atoms with E-state index in [1.165, 1.54) is 0 Å². The maximum atomic E-state index is 6.06. The van der Waals surface area contributed by atoms with Crippen LogP contribution in [0, 0.1) is 0 Å². The van der Waals surface area contributed by atoms with Gasteiger partial charge in [-0.3, -0.25) is 0 Å². The third kappa shape index (κ3) is 7.04. The standard InChI is InChI=1S/C14H24ClN3O3/c1-4-20-8-6-18(7-9-21-5-2)14-10-12(15)16-13(17-14)11-19-3/h10H,4-9,11H2,1-3H3. The van der Waals surface area contributed by atoms with Gasteiger partial charge in [-0.25, -0.2) is 9.97 Å². The molecule has 6 nitrogen and oxygen atoms in total. The van der Waals surface area contributed by atoms with Crippen LogP contribution in [0.2, 0.25) is 5.15 Å². The molecule has 0 aliphatic heterocycles. The van der Waals surface area contributed by atoms with Crippen molar-refractivity contribution in [2.45, 2.75) is 20.5 Å². The van der Waals surface area contributed by atoms with Gasteiger partial charge in [-0.05, 0) is 13.8 Å². The summed E-state index contributed by atoms with van der Waals surface area (Å²) in [4.78, 5) is 10.7. The predicted octanol–water partition coefficient (Wildman–Crippen LogP) is 2.16. The first kappa shape index (κ1) is 18.1. The van der Waals surface area contributed by atoms with Crippen molar-refractivity contribution in [3.63, 3.8) is 0 Å². The van der Waals surface area contributed by atoms with Gasteiger partial charge < -0.3 is 19.1 Å². The van der Waals surface area contributed by atoms with Crippen molar-refractivity contribution in [2.75, 3.05) is 51.5 Å². The smallest absolute Gasteiger partial charge is 0.158 e. The van der Waals surface area contributed by atoms with Crippen molar-refractivity contribution in [1.82, 2.24) is 9.97 Å². The number of methoxy groups -OCH3 is 1. The molecule has 0 aliphatic rings. The summed E-state index contributed by atoms with van der Waals surface area (Å²) in [5.41, 5.74) is 0. The van der Waals surface area contributed by atoms with Crippen LogP contribution in [-0.2, 0) is 20.8 Å². The van der Waals surface area contributed by atoms with E-state index >= 15 is 0 Å².